The first-order valence-corrected chi connectivity index (χ1v) is 7.28. The zero-order chi connectivity index (χ0) is 15.8. The topological polar surface area (TPSA) is 52.6 Å². The van der Waals surface area contributed by atoms with Gasteiger partial charge in [0.2, 0.25) is 0 Å². The fourth-order valence-corrected chi connectivity index (χ4v) is 1.87. The van der Waals surface area contributed by atoms with E-state index in [1.165, 1.54) is 12.1 Å². The second-order valence-electron chi connectivity index (χ2n) is 3.98. The first-order chi connectivity index (χ1) is 9.93. The Hall–Kier alpha value is -1.23. The van der Waals surface area contributed by atoms with E-state index in [9.17, 15) is 9.59 Å². The van der Waals surface area contributed by atoms with Crippen molar-refractivity contribution in [2.45, 2.75) is 19.8 Å². The van der Waals surface area contributed by atoms with Gasteiger partial charge in [-0.1, -0.05) is 48.1 Å². The highest BCUT2D eigenvalue weighted by atomic mass is 35.5. The van der Waals surface area contributed by atoms with Crippen molar-refractivity contribution in [1.29, 1.82) is 0 Å². The summed E-state index contributed by atoms with van der Waals surface area (Å²) in [5.74, 6) is -1.39. The number of carbonyl (C=O) groups is 2. The van der Waals surface area contributed by atoms with Crippen molar-refractivity contribution in [2.24, 2.45) is 0 Å². The van der Waals surface area contributed by atoms with E-state index in [0.717, 1.165) is 25.0 Å². The maximum Gasteiger partial charge on any atom is 0.336 e. The van der Waals surface area contributed by atoms with Crippen LogP contribution in [-0.4, -0.2) is 18.5 Å². The summed E-state index contributed by atoms with van der Waals surface area (Å²) in [6, 6.07) is 2.77. The van der Waals surface area contributed by atoms with E-state index in [1.54, 1.807) is 0 Å². The summed E-state index contributed by atoms with van der Waals surface area (Å²) in [6.45, 7) is 2.28. The molecular weight excluding hydrogens is 339 g/mol. The summed E-state index contributed by atoms with van der Waals surface area (Å²) in [6.07, 6.45) is 3.60. The number of halogens is 3. The molecule has 0 amide bonds. The van der Waals surface area contributed by atoms with Crippen LogP contribution in [0.3, 0.4) is 0 Å². The van der Waals surface area contributed by atoms with E-state index in [1.807, 2.05) is 6.92 Å². The average molecular weight is 352 g/mol. The van der Waals surface area contributed by atoms with Gasteiger partial charge in [-0.3, -0.25) is 0 Å². The van der Waals surface area contributed by atoms with Crippen molar-refractivity contribution >= 4 is 46.7 Å². The molecule has 0 aliphatic carbocycles. The lowest BCUT2D eigenvalue weighted by Crippen LogP contribution is -2.07. The van der Waals surface area contributed by atoms with Gasteiger partial charge in [-0.05, 0) is 12.5 Å². The van der Waals surface area contributed by atoms with Crippen LogP contribution in [0.15, 0.2) is 24.3 Å². The van der Waals surface area contributed by atoms with E-state index in [0.29, 0.717) is 6.61 Å². The van der Waals surface area contributed by atoms with E-state index in [4.69, 9.17) is 44.3 Å². The van der Waals surface area contributed by atoms with Crippen LogP contribution in [0, 0.1) is 0 Å². The van der Waals surface area contributed by atoms with Crippen LogP contribution >= 0.6 is 34.8 Å². The Bertz CT molecular complexity index is 555. The molecule has 1 rings (SSSR count). The number of rotatable bonds is 6. The molecule has 114 valence electrons. The molecule has 21 heavy (non-hydrogen) atoms. The first kappa shape index (κ1) is 17.8. The Balaban J connectivity index is 2.60. The minimum atomic E-state index is -0.789. The first-order valence-electron chi connectivity index (χ1n) is 6.15. The Morgan fingerprint density at radius 3 is 2.48 bits per heavy atom. The largest absolute Gasteiger partial charge is 0.463 e. The molecule has 0 atom stereocenters. The van der Waals surface area contributed by atoms with Crippen LogP contribution < -0.4 is 4.74 Å². The second kappa shape index (κ2) is 8.93. The maximum absolute atomic E-state index is 11.6. The smallest absolute Gasteiger partial charge is 0.336 e. The van der Waals surface area contributed by atoms with Gasteiger partial charge in [0.05, 0.1) is 11.6 Å². The van der Waals surface area contributed by atoms with Crippen LogP contribution in [0.25, 0.3) is 0 Å². The van der Waals surface area contributed by atoms with E-state index >= 15 is 0 Å². The molecule has 0 heterocycles. The zero-order valence-electron chi connectivity index (χ0n) is 11.2. The molecule has 0 N–H and O–H groups in total. The number of unbranched alkanes of at least 4 members (excludes halogenated alkanes) is 1. The summed E-state index contributed by atoms with van der Waals surface area (Å²) >= 11 is 17.5. The van der Waals surface area contributed by atoms with Gasteiger partial charge >= 0.3 is 11.9 Å². The number of benzene rings is 1. The van der Waals surface area contributed by atoms with Crippen molar-refractivity contribution < 1.29 is 19.1 Å². The van der Waals surface area contributed by atoms with Gasteiger partial charge in [-0.15, -0.1) is 0 Å². The highest BCUT2D eigenvalue weighted by molar-refractivity contribution is 6.44. The number of ether oxygens (including phenoxy) is 2. The molecule has 0 saturated heterocycles. The van der Waals surface area contributed by atoms with Crippen molar-refractivity contribution in [3.8, 4) is 5.75 Å². The quantitative estimate of drug-likeness (QED) is 0.250. The lowest BCUT2D eigenvalue weighted by atomic mass is 10.3. The third-order valence-electron chi connectivity index (χ3n) is 2.27. The third kappa shape index (κ3) is 6.38. The average Bonchev–Trinajstić information content (AvgIpc) is 2.42. The minimum Gasteiger partial charge on any atom is -0.463 e. The predicted octanol–water partition coefficient (Wildman–Crippen LogP) is 4.45. The van der Waals surface area contributed by atoms with Crippen molar-refractivity contribution in [3.63, 3.8) is 0 Å². The highest BCUT2D eigenvalue weighted by Crippen LogP contribution is 2.35. The SMILES string of the molecule is CCCCOC(=O)/C=C/C(=O)Oc1cc(Cl)cc(Cl)c1Cl. The molecule has 1 aromatic carbocycles. The molecule has 4 nitrogen and oxygen atoms in total. The molecule has 0 bridgehead atoms. The minimum absolute atomic E-state index is 0.0168. The molecular formula is C14H13Cl3O4. The Kier molecular flexibility index (Phi) is 7.57. The summed E-state index contributed by atoms with van der Waals surface area (Å²) in [5, 5.41) is 0.499. The van der Waals surface area contributed by atoms with E-state index in [-0.39, 0.29) is 20.8 Å². The van der Waals surface area contributed by atoms with Gasteiger partial charge in [0, 0.05) is 23.2 Å². The molecule has 7 heteroatoms. The van der Waals surface area contributed by atoms with Gasteiger partial charge in [-0.25, -0.2) is 9.59 Å². The van der Waals surface area contributed by atoms with Crippen molar-refractivity contribution in [1.82, 2.24) is 0 Å². The fraction of sp³-hybridized carbons (Fsp3) is 0.286. The van der Waals surface area contributed by atoms with Crippen LogP contribution in [-0.2, 0) is 14.3 Å². The van der Waals surface area contributed by atoms with Crippen LogP contribution in [0.5, 0.6) is 5.75 Å². The van der Waals surface area contributed by atoms with Crippen LogP contribution in [0.2, 0.25) is 15.1 Å². The number of carbonyl (C=O) groups excluding carboxylic acids is 2. The highest BCUT2D eigenvalue weighted by Gasteiger charge is 2.11. The van der Waals surface area contributed by atoms with Crippen molar-refractivity contribution in [3.05, 3.63) is 39.4 Å². The van der Waals surface area contributed by atoms with Crippen molar-refractivity contribution in [2.75, 3.05) is 6.61 Å². The Labute approximate surface area is 137 Å². The monoisotopic (exact) mass is 350 g/mol. The van der Waals surface area contributed by atoms with Gasteiger partial charge in [0.15, 0.2) is 5.75 Å². The zero-order valence-corrected chi connectivity index (χ0v) is 13.5. The lowest BCUT2D eigenvalue weighted by Gasteiger charge is -2.06. The fourth-order valence-electron chi connectivity index (χ4n) is 1.25. The van der Waals surface area contributed by atoms with E-state index in [2.05, 4.69) is 0 Å². The van der Waals surface area contributed by atoms with Crippen LogP contribution in [0.1, 0.15) is 19.8 Å². The molecule has 0 spiro atoms. The van der Waals surface area contributed by atoms with Gasteiger partial charge < -0.3 is 9.47 Å². The molecule has 0 aromatic heterocycles. The standard InChI is InChI=1S/C14H13Cl3O4/c1-2-3-6-20-12(18)4-5-13(19)21-11-8-9(15)7-10(16)14(11)17/h4-5,7-8H,2-3,6H2,1H3/b5-4+. The summed E-state index contributed by atoms with van der Waals surface area (Å²) in [7, 11) is 0. The molecule has 0 aliphatic heterocycles. The normalized spacial score (nSPS) is 10.7. The Morgan fingerprint density at radius 1 is 1.14 bits per heavy atom. The third-order valence-corrected chi connectivity index (χ3v) is 3.27. The summed E-state index contributed by atoms with van der Waals surface area (Å²) in [5.41, 5.74) is 0. The molecule has 0 fully saturated rings. The van der Waals surface area contributed by atoms with E-state index < -0.39 is 11.9 Å². The lowest BCUT2D eigenvalue weighted by molar-refractivity contribution is -0.138. The maximum atomic E-state index is 11.6. The molecule has 1 aromatic rings. The van der Waals surface area contributed by atoms with Gasteiger partial charge in [0.1, 0.15) is 5.02 Å². The van der Waals surface area contributed by atoms with Crippen LogP contribution in [0.4, 0.5) is 0 Å². The van der Waals surface area contributed by atoms with Gasteiger partial charge in [-0.2, -0.15) is 0 Å². The summed E-state index contributed by atoms with van der Waals surface area (Å²) < 4.78 is 9.79. The second-order valence-corrected chi connectivity index (χ2v) is 5.20. The number of esters is 2. The molecule has 0 aliphatic rings. The molecule has 0 radical (unpaired) electrons. The van der Waals surface area contributed by atoms with Gasteiger partial charge in [0.25, 0.3) is 0 Å². The summed E-state index contributed by atoms with van der Waals surface area (Å²) in [4.78, 5) is 22.8. The number of hydrogen-bond acceptors (Lipinski definition) is 4. The number of hydrogen-bond donors (Lipinski definition) is 0. The predicted molar refractivity (Wildman–Crippen MR) is 82.1 cm³/mol. The Morgan fingerprint density at radius 2 is 1.81 bits per heavy atom. The molecule has 0 unspecified atom stereocenters. The molecule has 0 saturated carbocycles.